The van der Waals surface area contributed by atoms with Gasteiger partial charge in [0.25, 0.3) is 0 Å². The average Bonchev–Trinajstić information content (AvgIpc) is 2.52. The van der Waals surface area contributed by atoms with Crippen molar-refractivity contribution >= 4 is 0 Å². The summed E-state index contributed by atoms with van der Waals surface area (Å²) in [6.45, 7) is 0.740. The second-order valence-corrected chi connectivity index (χ2v) is 5.05. The molecule has 8 nitrogen and oxygen atoms in total. The largest absolute Gasteiger partial charge is 0.394 e. The third-order valence-corrected chi connectivity index (χ3v) is 3.31. The van der Waals surface area contributed by atoms with Crippen LogP contribution < -0.4 is 0 Å². The van der Waals surface area contributed by atoms with E-state index in [4.69, 9.17) is 10.2 Å². The summed E-state index contributed by atoms with van der Waals surface area (Å²) < 4.78 is 0. The molecule has 0 aliphatic heterocycles. The van der Waals surface area contributed by atoms with Gasteiger partial charge in [0.15, 0.2) is 0 Å². The number of rotatable bonds is 8. The monoisotopic (exact) mass is 676 g/mol. The zero-order chi connectivity index (χ0) is 16.0. The van der Waals surface area contributed by atoms with Crippen LogP contribution in [0.5, 0.6) is 0 Å². The van der Waals surface area contributed by atoms with E-state index in [9.17, 15) is 20.4 Å². The van der Waals surface area contributed by atoms with E-state index in [2.05, 4.69) is 9.97 Å². The topological polar surface area (TPSA) is 147 Å². The normalized spacial score (nSPS) is 17.2. The van der Waals surface area contributed by atoms with Crippen LogP contribution in [0.1, 0.15) is 24.4 Å². The molecule has 1 aromatic heterocycles. The van der Waals surface area contributed by atoms with E-state index in [1.807, 2.05) is 0 Å². The molecule has 0 bridgehead atoms. The molecule has 0 fully saturated rings. The fourth-order valence-electron chi connectivity index (χ4n) is 1.76. The molecule has 0 saturated carbocycles. The minimum absolute atomic E-state index is 0. The van der Waals surface area contributed by atoms with Gasteiger partial charge in [-0.1, -0.05) is 6.92 Å². The summed E-state index contributed by atoms with van der Waals surface area (Å²) in [5, 5.41) is 55.7. The van der Waals surface area contributed by atoms with Crippen LogP contribution in [-0.4, -0.2) is 72.1 Å². The first kappa shape index (κ1) is 25.4. The first-order valence-corrected chi connectivity index (χ1v) is 6.65. The quantitative estimate of drug-likeness (QED) is 0.182. The van der Waals surface area contributed by atoms with Gasteiger partial charge in [0.1, 0.15) is 18.3 Å². The molecule has 134 valence electrons. The van der Waals surface area contributed by atoms with Crippen LogP contribution in [-0.2, 0) is 47.3 Å². The summed E-state index contributed by atoms with van der Waals surface area (Å²) in [4.78, 5) is 8.00. The number of aliphatic hydroxyl groups excluding tert-OH is 6. The van der Waals surface area contributed by atoms with E-state index in [-0.39, 0.29) is 59.1 Å². The maximum atomic E-state index is 9.79. The van der Waals surface area contributed by atoms with Gasteiger partial charge < -0.3 is 30.6 Å². The zero-order valence-electron chi connectivity index (χ0n) is 12.5. The first-order chi connectivity index (χ1) is 9.90. The van der Waals surface area contributed by atoms with Gasteiger partial charge in [0, 0.05) is 47.0 Å². The second-order valence-electron chi connectivity index (χ2n) is 5.05. The molecule has 1 aromatic rings. The molecule has 0 spiro atoms. The van der Waals surface area contributed by atoms with Crippen LogP contribution in [0.2, 0.25) is 0 Å². The Kier molecular flexibility index (Phi) is 13.8. The number of hydrogen-bond acceptors (Lipinski definition) is 8. The van der Waals surface area contributed by atoms with E-state index in [0.717, 1.165) is 0 Å². The maximum absolute atomic E-state index is 9.79. The Morgan fingerprint density at radius 2 is 1.48 bits per heavy atom. The number of aromatic nitrogens is 2. The van der Waals surface area contributed by atoms with Crippen molar-refractivity contribution in [2.45, 2.75) is 37.8 Å². The third-order valence-electron chi connectivity index (χ3n) is 3.31. The van der Waals surface area contributed by atoms with Gasteiger partial charge in [-0.15, -0.1) is 0 Å². The summed E-state index contributed by atoms with van der Waals surface area (Å²) >= 11 is 0. The molecule has 5 unspecified atom stereocenters. The maximum Gasteiger partial charge on any atom is 0.126 e. The van der Waals surface area contributed by atoms with Crippen LogP contribution in [0, 0.1) is 5.92 Å². The predicted molar refractivity (Wildman–Crippen MR) is 72.1 cm³/mol. The van der Waals surface area contributed by atoms with Gasteiger partial charge in [-0.25, -0.2) is 0 Å². The Bertz CT molecular complexity index is 425. The van der Waals surface area contributed by atoms with Crippen molar-refractivity contribution in [1.82, 2.24) is 9.97 Å². The summed E-state index contributed by atoms with van der Waals surface area (Å²) in [7, 11) is 0. The minimum atomic E-state index is -1.56. The van der Waals surface area contributed by atoms with Gasteiger partial charge in [0.05, 0.1) is 36.9 Å². The summed E-state index contributed by atoms with van der Waals surface area (Å²) in [5.41, 5.74) is 0.622. The molecule has 1 heterocycles. The Morgan fingerprint density at radius 1 is 0.913 bits per heavy atom. The standard InChI is InChI=1S/C13H22N2O6.2Re/c1-7(10(18)5-16)2-8-3-15-9(4-14-8)12(20)13(21)11(19)6-17;;/h3-4,7,10-13,16-21H,2,5-6H2,1H3;;. The van der Waals surface area contributed by atoms with E-state index in [0.29, 0.717) is 12.1 Å². The van der Waals surface area contributed by atoms with Gasteiger partial charge in [-0.05, 0) is 12.3 Å². The fourth-order valence-corrected chi connectivity index (χ4v) is 1.76. The summed E-state index contributed by atoms with van der Waals surface area (Å²) in [6.07, 6.45) is -2.31. The van der Waals surface area contributed by atoms with Gasteiger partial charge in [-0.2, -0.15) is 0 Å². The van der Waals surface area contributed by atoms with Crippen molar-refractivity contribution in [2.75, 3.05) is 13.2 Å². The van der Waals surface area contributed by atoms with E-state index in [1.165, 1.54) is 12.4 Å². The Morgan fingerprint density at radius 3 is 1.91 bits per heavy atom. The number of nitrogens with zero attached hydrogens (tertiary/aromatic N) is 2. The molecule has 23 heavy (non-hydrogen) atoms. The zero-order valence-corrected chi connectivity index (χ0v) is 17.9. The Hall–Kier alpha value is 0.165. The average molecular weight is 675 g/mol. The van der Waals surface area contributed by atoms with Crippen molar-refractivity contribution in [3.05, 3.63) is 23.8 Å². The molecule has 2 radical (unpaired) electrons. The van der Waals surface area contributed by atoms with Gasteiger partial charge in [0.2, 0.25) is 0 Å². The molecule has 6 N–H and O–H groups in total. The summed E-state index contributed by atoms with van der Waals surface area (Å²) in [6, 6.07) is 0. The molecule has 10 heteroatoms. The van der Waals surface area contributed by atoms with E-state index in [1.54, 1.807) is 6.92 Å². The molecule has 0 amide bonds. The third kappa shape index (κ3) is 7.72. The van der Waals surface area contributed by atoms with E-state index >= 15 is 0 Å². The van der Waals surface area contributed by atoms with Crippen molar-refractivity contribution in [2.24, 2.45) is 5.92 Å². The molecule has 0 aliphatic carbocycles. The number of hydrogen-bond donors (Lipinski definition) is 6. The van der Waals surface area contributed by atoms with Crippen molar-refractivity contribution in [3.63, 3.8) is 0 Å². The van der Waals surface area contributed by atoms with Crippen LogP contribution in [0.3, 0.4) is 0 Å². The molecule has 5 atom stereocenters. The molecular formula is C13H22N2O6Re2. The van der Waals surface area contributed by atoms with Gasteiger partial charge >= 0.3 is 0 Å². The molecule has 0 saturated heterocycles. The van der Waals surface area contributed by atoms with Gasteiger partial charge in [-0.3, -0.25) is 9.97 Å². The Labute approximate surface area is 161 Å². The van der Waals surface area contributed by atoms with Crippen LogP contribution in [0.15, 0.2) is 12.4 Å². The second kappa shape index (κ2) is 12.5. The van der Waals surface area contributed by atoms with Crippen LogP contribution >= 0.6 is 0 Å². The fraction of sp³-hybridized carbons (Fsp3) is 0.692. The minimum Gasteiger partial charge on any atom is -0.394 e. The van der Waals surface area contributed by atoms with Crippen LogP contribution in [0.25, 0.3) is 0 Å². The predicted octanol–water partition coefficient (Wildman–Crippen LogP) is -2.25. The molecule has 0 aromatic carbocycles. The van der Waals surface area contributed by atoms with E-state index < -0.39 is 31.0 Å². The van der Waals surface area contributed by atoms with Crippen molar-refractivity contribution in [1.29, 1.82) is 0 Å². The Balaban J connectivity index is 0. The SMILES string of the molecule is CC(Cc1cnc(C(O)C(O)C(O)CO)cn1)C(O)CO.[Re].[Re]. The first-order valence-electron chi connectivity index (χ1n) is 6.65. The van der Waals surface area contributed by atoms with Crippen molar-refractivity contribution in [3.8, 4) is 0 Å². The van der Waals surface area contributed by atoms with Crippen LogP contribution in [0.4, 0.5) is 0 Å². The molecule has 1 rings (SSSR count). The molecule has 0 aliphatic rings. The molecular weight excluding hydrogens is 653 g/mol. The number of aliphatic hydroxyl groups is 6. The smallest absolute Gasteiger partial charge is 0.126 e. The summed E-state index contributed by atoms with van der Waals surface area (Å²) in [5.74, 6) is -0.207. The van der Waals surface area contributed by atoms with Crippen molar-refractivity contribution < 1.29 is 71.5 Å².